The van der Waals surface area contributed by atoms with Gasteiger partial charge >= 0.3 is 0 Å². The van der Waals surface area contributed by atoms with Gasteiger partial charge in [0.15, 0.2) is 0 Å². The first-order valence-corrected chi connectivity index (χ1v) is 8.09. The first kappa shape index (κ1) is 18.1. The van der Waals surface area contributed by atoms with Crippen molar-refractivity contribution in [2.24, 2.45) is 5.92 Å². The van der Waals surface area contributed by atoms with Gasteiger partial charge in [-0.25, -0.2) is 0 Å². The SMILES string of the molecule is CCCNC(Cc1nc(C(C)(C)OCC)no1)CC(C)C. The maximum atomic E-state index is 5.66. The summed E-state index contributed by atoms with van der Waals surface area (Å²) in [5, 5.41) is 7.64. The number of aromatic nitrogens is 2. The number of nitrogens with zero attached hydrogens (tertiary/aromatic N) is 2. The molecule has 5 nitrogen and oxygen atoms in total. The lowest BCUT2D eigenvalue weighted by atomic mass is 10.0. The normalized spacial score (nSPS) is 13.9. The van der Waals surface area contributed by atoms with E-state index in [1.165, 1.54) is 0 Å². The highest BCUT2D eigenvalue weighted by Crippen LogP contribution is 2.22. The molecule has 0 aliphatic heterocycles. The maximum absolute atomic E-state index is 5.66. The molecule has 1 aromatic heterocycles. The fraction of sp³-hybridized carbons (Fsp3) is 0.875. The van der Waals surface area contributed by atoms with Crippen molar-refractivity contribution >= 4 is 0 Å². The summed E-state index contributed by atoms with van der Waals surface area (Å²) in [6.07, 6.45) is 3.00. The standard InChI is InChI=1S/C16H31N3O2/c1-7-9-17-13(10-12(3)4)11-14-18-15(19-21-14)16(5,6)20-8-2/h12-13,17H,7-11H2,1-6H3. The lowest BCUT2D eigenvalue weighted by molar-refractivity contribution is -0.0221. The third kappa shape index (κ3) is 6.14. The van der Waals surface area contributed by atoms with Crippen molar-refractivity contribution in [1.29, 1.82) is 0 Å². The molecule has 21 heavy (non-hydrogen) atoms. The fourth-order valence-electron chi connectivity index (χ4n) is 2.37. The zero-order valence-corrected chi connectivity index (χ0v) is 14.4. The molecule has 1 atom stereocenters. The Bertz CT molecular complexity index is 402. The molecule has 0 spiro atoms. The van der Waals surface area contributed by atoms with E-state index in [2.05, 4.69) is 36.2 Å². The summed E-state index contributed by atoms with van der Waals surface area (Å²) in [6, 6.07) is 0.383. The van der Waals surface area contributed by atoms with Gasteiger partial charge < -0.3 is 14.6 Å². The molecule has 0 fully saturated rings. The van der Waals surface area contributed by atoms with Gasteiger partial charge in [0, 0.05) is 19.1 Å². The van der Waals surface area contributed by atoms with Gasteiger partial charge in [-0.2, -0.15) is 4.98 Å². The molecule has 1 unspecified atom stereocenters. The zero-order valence-electron chi connectivity index (χ0n) is 14.4. The smallest absolute Gasteiger partial charge is 0.228 e. The van der Waals surface area contributed by atoms with Crippen molar-refractivity contribution in [1.82, 2.24) is 15.5 Å². The lowest BCUT2D eigenvalue weighted by Crippen LogP contribution is -2.33. The van der Waals surface area contributed by atoms with Gasteiger partial charge in [0.25, 0.3) is 0 Å². The number of hydrogen-bond acceptors (Lipinski definition) is 5. The van der Waals surface area contributed by atoms with Crippen molar-refractivity contribution in [3.8, 4) is 0 Å². The summed E-state index contributed by atoms with van der Waals surface area (Å²) in [5.41, 5.74) is -0.499. The predicted octanol–water partition coefficient (Wildman–Crippen LogP) is 3.30. The van der Waals surface area contributed by atoms with E-state index in [0.29, 0.717) is 30.3 Å². The van der Waals surface area contributed by atoms with E-state index < -0.39 is 5.60 Å². The van der Waals surface area contributed by atoms with E-state index in [-0.39, 0.29) is 0 Å². The molecule has 1 rings (SSSR count). The molecule has 0 bridgehead atoms. The van der Waals surface area contributed by atoms with Crippen LogP contribution in [0.4, 0.5) is 0 Å². The molecule has 1 heterocycles. The summed E-state index contributed by atoms with van der Waals surface area (Å²) in [6.45, 7) is 14.2. The summed E-state index contributed by atoms with van der Waals surface area (Å²) in [4.78, 5) is 4.51. The quantitative estimate of drug-likeness (QED) is 0.718. The number of hydrogen-bond donors (Lipinski definition) is 1. The highest BCUT2D eigenvalue weighted by molar-refractivity contribution is 4.98. The van der Waals surface area contributed by atoms with Crippen LogP contribution in [0.2, 0.25) is 0 Å². The van der Waals surface area contributed by atoms with Gasteiger partial charge in [0.05, 0.1) is 0 Å². The molecule has 0 amide bonds. The minimum Gasteiger partial charge on any atom is -0.368 e. The molecule has 0 saturated heterocycles. The van der Waals surface area contributed by atoms with E-state index in [1.54, 1.807) is 0 Å². The summed E-state index contributed by atoms with van der Waals surface area (Å²) < 4.78 is 11.1. The number of rotatable bonds is 10. The molecule has 0 radical (unpaired) electrons. The molecular formula is C16H31N3O2. The van der Waals surface area contributed by atoms with Gasteiger partial charge in [0.1, 0.15) is 5.60 Å². The Morgan fingerprint density at radius 3 is 2.57 bits per heavy atom. The van der Waals surface area contributed by atoms with E-state index in [9.17, 15) is 0 Å². The van der Waals surface area contributed by atoms with Crippen molar-refractivity contribution in [2.75, 3.05) is 13.2 Å². The minimum absolute atomic E-state index is 0.383. The Labute approximate surface area is 128 Å². The van der Waals surface area contributed by atoms with E-state index in [4.69, 9.17) is 9.26 Å². The van der Waals surface area contributed by atoms with Gasteiger partial charge in [0.2, 0.25) is 11.7 Å². The number of ether oxygens (including phenoxy) is 1. The van der Waals surface area contributed by atoms with Crippen LogP contribution in [0.5, 0.6) is 0 Å². The highest BCUT2D eigenvalue weighted by Gasteiger charge is 2.27. The zero-order chi connectivity index (χ0) is 15.9. The van der Waals surface area contributed by atoms with Crippen molar-refractivity contribution in [2.45, 2.75) is 72.4 Å². The van der Waals surface area contributed by atoms with Gasteiger partial charge in [-0.1, -0.05) is 25.9 Å². The van der Waals surface area contributed by atoms with E-state index in [1.807, 2.05) is 20.8 Å². The van der Waals surface area contributed by atoms with Crippen LogP contribution in [-0.4, -0.2) is 29.3 Å². The van der Waals surface area contributed by atoms with Crippen LogP contribution in [0, 0.1) is 5.92 Å². The second kappa shape index (κ2) is 8.49. The molecule has 122 valence electrons. The van der Waals surface area contributed by atoms with Crippen molar-refractivity contribution in [3.05, 3.63) is 11.7 Å². The van der Waals surface area contributed by atoms with Crippen LogP contribution >= 0.6 is 0 Å². The third-order valence-electron chi connectivity index (χ3n) is 3.37. The summed E-state index contributed by atoms with van der Waals surface area (Å²) in [5.74, 6) is 1.95. The molecule has 0 aliphatic rings. The second-order valence-corrected chi connectivity index (χ2v) is 6.44. The van der Waals surface area contributed by atoms with Crippen LogP contribution in [0.3, 0.4) is 0 Å². The summed E-state index contributed by atoms with van der Waals surface area (Å²) in [7, 11) is 0. The first-order valence-electron chi connectivity index (χ1n) is 8.09. The van der Waals surface area contributed by atoms with Gasteiger partial charge in [-0.3, -0.25) is 0 Å². The highest BCUT2D eigenvalue weighted by atomic mass is 16.5. The Morgan fingerprint density at radius 1 is 1.29 bits per heavy atom. The first-order chi connectivity index (χ1) is 9.89. The fourth-order valence-corrected chi connectivity index (χ4v) is 2.37. The Balaban J connectivity index is 2.69. The van der Waals surface area contributed by atoms with Crippen LogP contribution in [0.1, 0.15) is 66.1 Å². The Kier molecular flexibility index (Phi) is 7.32. The molecule has 0 aliphatic carbocycles. The largest absolute Gasteiger partial charge is 0.368 e. The minimum atomic E-state index is -0.499. The topological polar surface area (TPSA) is 60.2 Å². The molecule has 0 saturated carbocycles. The van der Waals surface area contributed by atoms with E-state index in [0.717, 1.165) is 25.8 Å². The maximum Gasteiger partial charge on any atom is 0.228 e. The summed E-state index contributed by atoms with van der Waals surface area (Å²) >= 11 is 0. The second-order valence-electron chi connectivity index (χ2n) is 6.44. The van der Waals surface area contributed by atoms with Crippen molar-refractivity contribution < 1.29 is 9.26 Å². The van der Waals surface area contributed by atoms with E-state index >= 15 is 0 Å². The van der Waals surface area contributed by atoms with Crippen LogP contribution in [0.25, 0.3) is 0 Å². The number of nitrogens with one attached hydrogen (secondary N) is 1. The molecule has 0 aromatic carbocycles. The average Bonchev–Trinajstić information content (AvgIpc) is 2.84. The lowest BCUT2D eigenvalue weighted by Gasteiger charge is -2.20. The average molecular weight is 297 g/mol. The van der Waals surface area contributed by atoms with Gasteiger partial charge in [-0.15, -0.1) is 0 Å². The Morgan fingerprint density at radius 2 is 2.00 bits per heavy atom. The Hall–Kier alpha value is -0.940. The molecular weight excluding hydrogens is 266 g/mol. The van der Waals surface area contributed by atoms with Crippen LogP contribution in [-0.2, 0) is 16.8 Å². The monoisotopic (exact) mass is 297 g/mol. The van der Waals surface area contributed by atoms with Gasteiger partial charge in [-0.05, 0) is 46.1 Å². The molecule has 5 heteroatoms. The van der Waals surface area contributed by atoms with Crippen LogP contribution < -0.4 is 5.32 Å². The van der Waals surface area contributed by atoms with Crippen molar-refractivity contribution in [3.63, 3.8) is 0 Å². The predicted molar refractivity (Wildman–Crippen MR) is 84.2 cm³/mol. The molecule has 1 N–H and O–H groups in total. The molecule has 1 aromatic rings. The van der Waals surface area contributed by atoms with Crippen LogP contribution in [0.15, 0.2) is 4.52 Å². The third-order valence-corrected chi connectivity index (χ3v) is 3.37.